The van der Waals surface area contributed by atoms with Gasteiger partial charge in [-0.1, -0.05) is 66.7 Å². The third kappa shape index (κ3) is 4.87. The molecule has 7 aromatic carbocycles. The predicted molar refractivity (Wildman–Crippen MR) is 271 cm³/mol. The van der Waals surface area contributed by atoms with Crippen LogP contribution >= 0.6 is 0 Å². The molecule has 0 fully saturated rings. The summed E-state index contributed by atoms with van der Waals surface area (Å²) in [5.74, 6) is 1.46. The Hall–Kier alpha value is -9.83. The highest BCUT2D eigenvalue weighted by molar-refractivity contribution is 6.13. The molecule has 0 atom stereocenters. The number of rotatable bonds is 3. The summed E-state index contributed by atoms with van der Waals surface area (Å²) in [4.78, 5) is 18.4. The Kier molecular flexibility index (Phi) is 7.38. The van der Waals surface area contributed by atoms with Gasteiger partial charge in [-0.25, -0.2) is 4.85 Å². The van der Waals surface area contributed by atoms with E-state index in [9.17, 15) is 5.26 Å². The molecule has 69 heavy (non-hydrogen) atoms. The minimum atomic E-state index is -0.786. The third-order valence-electron chi connectivity index (χ3n) is 14.5. The number of nitriles is 1. The summed E-state index contributed by atoms with van der Waals surface area (Å²) in [7, 11) is 0. The highest BCUT2D eigenvalue weighted by Gasteiger charge is 2.52. The average molecular weight is 881 g/mol. The van der Waals surface area contributed by atoms with Gasteiger partial charge in [-0.3, -0.25) is 15.0 Å². The summed E-state index contributed by atoms with van der Waals surface area (Å²) < 4.78 is 14.1. The molecule has 9 nitrogen and oxygen atoms in total. The van der Waals surface area contributed by atoms with Crippen LogP contribution in [-0.4, -0.2) is 28.7 Å². The molecule has 7 heterocycles. The second kappa shape index (κ2) is 13.6. The van der Waals surface area contributed by atoms with E-state index in [1.165, 1.54) is 0 Å². The van der Waals surface area contributed by atoms with Crippen LogP contribution in [0.1, 0.15) is 27.8 Å². The minimum absolute atomic E-state index is 0.604. The van der Waals surface area contributed by atoms with Crippen LogP contribution in [-0.2, 0) is 5.41 Å². The fraction of sp³-hybridized carbons (Fsp3) is 0.0167. The van der Waals surface area contributed by atoms with E-state index in [1.807, 2.05) is 79.4 Å². The Morgan fingerprint density at radius 1 is 0.464 bits per heavy atom. The summed E-state index contributed by atoms with van der Waals surface area (Å²) in [5.41, 5.74) is 15.3. The summed E-state index contributed by atoms with van der Waals surface area (Å²) in [6.45, 7) is 7.76. The van der Waals surface area contributed by atoms with Crippen molar-refractivity contribution in [2.24, 2.45) is 0 Å². The van der Waals surface area contributed by atoms with Gasteiger partial charge in [-0.15, -0.1) is 0 Å². The number of ether oxygens (including phenoxy) is 1. The van der Waals surface area contributed by atoms with Crippen molar-refractivity contribution in [2.75, 3.05) is 0 Å². The van der Waals surface area contributed by atoms with Gasteiger partial charge in [-0.05, 0) is 108 Å². The molecule has 0 radical (unpaired) electrons. The van der Waals surface area contributed by atoms with E-state index in [0.717, 1.165) is 128 Å². The number of pyridine rings is 3. The second-order valence-corrected chi connectivity index (χ2v) is 17.8. The quantitative estimate of drug-likeness (QED) is 0.165. The molecule has 1 spiro atoms. The van der Waals surface area contributed by atoms with Crippen molar-refractivity contribution in [2.45, 2.75) is 5.41 Å². The molecule has 13 aromatic rings. The van der Waals surface area contributed by atoms with E-state index in [-0.39, 0.29) is 0 Å². The number of nitrogens with zero attached hydrogens (tertiary/aromatic N) is 8. The second-order valence-electron chi connectivity index (χ2n) is 17.8. The van der Waals surface area contributed by atoms with Crippen LogP contribution in [0.15, 0.2) is 195 Å². The first-order valence-corrected chi connectivity index (χ1v) is 22.7. The maximum absolute atomic E-state index is 9.79. The Morgan fingerprint density at radius 2 is 0.986 bits per heavy atom. The molecule has 1 aliphatic carbocycles. The summed E-state index contributed by atoms with van der Waals surface area (Å²) >= 11 is 0. The zero-order chi connectivity index (χ0) is 45.5. The maximum Gasteiger partial charge on any atom is 0.188 e. The molecule has 0 saturated heterocycles. The van der Waals surface area contributed by atoms with Crippen molar-refractivity contribution < 1.29 is 4.74 Å². The first-order valence-electron chi connectivity index (χ1n) is 22.7. The molecule has 1 aliphatic heterocycles. The molecule has 2 aliphatic rings. The van der Waals surface area contributed by atoms with E-state index >= 15 is 0 Å². The highest BCUT2D eigenvalue weighted by Crippen LogP contribution is 2.62. The molecule has 9 heteroatoms. The van der Waals surface area contributed by atoms with Crippen LogP contribution in [0, 0.1) is 17.9 Å². The van der Waals surface area contributed by atoms with E-state index < -0.39 is 5.41 Å². The van der Waals surface area contributed by atoms with Gasteiger partial charge in [0.15, 0.2) is 5.69 Å². The lowest BCUT2D eigenvalue weighted by molar-refractivity contribution is 0.436. The molecule has 0 bridgehead atoms. The highest BCUT2D eigenvalue weighted by atomic mass is 16.5. The van der Waals surface area contributed by atoms with E-state index in [2.05, 4.69) is 145 Å². The molecule has 0 unspecified atom stereocenters. The van der Waals surface area contributed by atoms with Gasteiger partial charge < -0.3 is 18.4 Å². The summed E-state index contributed by atoms with van der Waals surface area (Å²) in [5, 5.41) is 16.2. The van der Waals surface area contributed by atoms with Crippen LogP contribution in [0.2, 0.25) is 0 Å². The van der Waals surface area contributed by atoms with Gasteiger partial charge in [0.05, 0.1) is 74.3 Å². The largest absolute Gasteiger partial charge is 0.457 e. The molecule has 0 saturated carbocycles. The molecule has 318 valence electrons. The van der Waals surface area contributed by atoms with Crippen LogP contribution in [0.25, 0.3) is 98.7 Å². The molecular formula is C60H32N8O. The Labute approximate surface area is 393 Å². The summed E-state index contributed by atoms with van der Waals surface area (Å²) in [6, 6.07) is 61.2. The first-order chi connectivity index (χ1) is 34.1. The number of fused-ring (bicyclic) bond motifs is 18. The van der Waals surface area contributed by atoms with Gasteiger partial charge in [-0.2, -0.15) is 5.26 Å². The minimum Gasteiger partial charge on any atom is -0.457 e. The number of hydrogen-bond acceptors (Lipinski definition) is 5. The standard InChI is InChI=1S/C60H32N8O/c1-62-36-15-22-53-44(29-36)41-9-3-5-13-51(41)67(53)38-16-19-46-56(31-38)69-57-32-39(17-20-47(57)60(46)48-10-6-25-64-58(48)59-49(60)11-7-26-65-59)68-54-23-18-37(30-45(54)42-24-27-63-34-55(42)68)66-50-12-4-2-8-40(50)43-28-35(33-61)14-21-52(43)66/h2-32,34H. The van der Waals surface area contributed by atoms with Gasteiger partial charge in [0.1, 0.15) is 11.5 Å². The Balaban J connectivity index is 0.958. The lowest BCUT2D eigenvalue weighted by Crippen LogP contribution is -2.32. The van der Waals surface area contributed by atoms with Gasteiger partial charge in [0.2, 0.25) is 0 Å². The van der Waals surface area contributed by atoms with Gasteiger partial charge in [0.25, 0.3) is 0 Å². The SMILES string of the molecule is [C-]#[N+]c1ccc2c(c1)c1ccccc1n2-c1ccc2c(c1)Oc1cc(-n3c4ccc(-n5c6ccccc6c6cc(C#N)ccc65)cc4c4ccncc43)ccc1C21c2cccnc2-c2ncccc21. The van der Waals surface area contributed by atoms with Crippen molar-refractivity contribution in [1.29, 1.82) is 5.26 Å². The number of hydrogen-bond donors (Lipinski definition) is 0. The van der Waals surface area contributed by atoms with Crippen LogP contribution in [0.5, 0.6) is 11.5 Å². The first kappa shape index (κ1) is 37.4. The molecule has 0 amide bonds. The van der Waals surface area contributed by atoms with E-state index in [0.29, 0.717) is 11.3 Å². The Morgan fingerprint density at radius 3 is 1.62 bits per heavy atom. The smallest absolute Gasteiger partial charge is 0.188 e. The molecular weight excluding hydrogens is 849 g/mol. The fourth-order valence-electron chi connectivity index (χ4n) is 11.8. The van der Waals surface area contributed by atoms with Crippen molar-refractivity contribution in [3.8, 4) is 46.0 Å². The van der Waals surface area contributed by atoms with Crippen LogP contribution in [0.3, 0.4) is 0 Å². The van der Waals surface area contributed by atoms with Crippen molar-refractivity contribution in [3.05, 3.63) is 234 Å². The zero-order valence-electron chi connectivity index (χ0n) is 36.5. The fourth-order valence-corrected chi connectivity index (χ4v) is 11.8. The summed E-state index contributed by atoms with van der Waals surface area (Å²) in [6.07, 6.45) is 7.49. The monoisotopic (exact) mass is 880 g/mol. The molecule has 6 aromatic heterocycles. The average Bonchev–Trinajstić information content (AvgIpc) is 4.12. The number of aromatic nitrogens is 6. The number of para-hydroxylation sites is 2. The van der Waals surface area contributed by atoms with Gasteiger partial charge >= 0.3 is 0 Å². The normalized spacial score (nSPS) is 13.1. The van der Waals surface area contributed by atoms with Crippen LogP contribution < -0.4 is 4.74 Å². The predicted octanol–water partition coefficient (Wildman–Crippen LogP) is 14.1. The lowest BCUT2D eigenvalue weighted by Gasteiger charge is -2.39. The Bertz CT molecular complexity index is 4470. The van der Waals surface area contributed by atoms with Crippen molar-refractivity contribution in [1.82, 2.24) is 28.7 Å². The molecule has 15 rings (SSSR count). The van der Waals surface area contributed by atoms with Crippen molar-refractivity contribution in [3.63, 3.8) is 0 Å². The third-order valence-corrected chi connectivity index (χ3v) is 14.5. The molecule has 0 N–H and O–H groups in total. The van der Waals surface area contributed by atoms with E-state index in [4.69, 9.17) is 21.3 Å². The lowest BCUT2D eigenvalue weighted by atomic mass is 9.66. The van der Waals surface area contributed by atoms with E-state index in [1.54, 1.807) is 0 Å². The number of benzene rings is 7. The van der Waals surface area contributed by atoms with Gasteiger partial charge in [0, 0.05) is 85.8 Å². The maximum atomic E-state index is 9.79. The topological polar surface area (TPSA) is 90.8 Å². The van der Waals surface area contributed by atoms with Crippen LogP contribution in [0.4, 0.5) is 5.69 Å². The van der Waals surface area contributed by atoms with Crippen molar-refractivity contribution >= 4 is 71.1 Å². The zero-order valence-corrected chi connectivity index (χ0v) is 36.5.